The Balaban J connectivity index is 2.13. The summed E-state index contributed by atoms with van der Waals surface area (Å²) in [6.45, 7) is 5.65. The van der Waals surface area contributed by atoms with Gasteiger partial charge in [0.05, 0.1) is 23.9 Å². The predicted molar refractivity (Wildman–Crippen MR) is 81.2 cm³/mol. The van der Waals surface area contributed by atoms with Gasteiger partial charge in [-0.3, -0.25) is 0 Å². The van der Waals surface area contributed by atoms with Gasteiger partial charge < -0.3 is 15.8 Å². The monoisotopic (exact) mass is 302 g/mol. The number of nitrogens with zero attached hydrogens (tertiary/aromatic N) is 4. The Labute approximate surface area is 128 Å². The molecule has 2 aromatic heterocycles. The fourth-order valence-electron chi connectivity index (χ4n) is 1.80. The van der Waals surface area contributed by atoms with Crippen LogP contribution in [0.5, 0.6) is 0 Å². The molecule has 2 rings (SSSR count). The first-order chi connectivity index (χ1) is 10.5. The highest BCUT2D eigenvalue weighted by Crippen LogP contribution is 2.15. The summed E-state index contributed by atoms with van der Waals surface area (Å²) in [5, 5.41) is 3.07. The second kappa shape index (κ2) is 6.79. The molecule has 0 aliphatic carbocycles. The maximum atomic E-state index is 11.7. The molecule has 0 unspecified atom stereocenters. The van der Waals surface area contributed by atoms with E-state index < -0.39 is 5.97 Å². The summed E-state index contributed by atoms with van der Waals surface area (Å²) < 4.78 is 4.94. The molecule has 0 aliphatic heterocycles. The highest BCUT2D eigenvalue weighted by Gasteiger charge is 2.15. The Morgan fingerprint density at radius 1 is 1.41 bits per heavy atom. The molecule has 0 amide bonds. The van der Waals surface area contributed by atoms with Crippen LogP contribution in [-0.2, 0) is 4.74 Å². The molecule has 8 nitrogen and oxygen atoms in total. The number of esters is 1. The van der Waals surface area contributed by atoms with E-state index >= 15 is 0 Å². The number of rotatable bonds is 5. The lowest BCUT2D eigenvalue weighted by molar-refractivity contribution is 0.0524. The maximum Gasteiger partial charge on any atom is 0.341 e. The average Bonchev–Trinajstić information content (AvgIpc) is 2.47. The molecular formula is C14H18N6O2. The van der Waals surface area contributed by atoms with Crippen molar-refractivity contribution in [2.45, 2.75) is 26.8 Å². The average molecular weight is 302 g/mol. The summed E-state index contributed by atoms with van der Waals surface area (Å²) in [6, 6.07) is 1.39. The van der Waals surface area contributed by atoms with Crippen LogP contribution in [0.1, 0.15) is 41.8 Å². The van der Waals surface area contributed by atoms with Crippen LogP contribution in [-0.4, -0.2) is 32.5 Å². The molecule has 3 N–H and O–H groups in total. The zero-order valence-corrected chi connectivity index (χ0v) is 12.7. The van der Waals surface area contributed by atoms with Gasteiger partial charge in [-0.2, -0.15) is 0 Å². The Kier molecular flexibility index (Phi) is 4.82. The molecule has 2 heterocycles. The number of nitrogen functional groups attached to an aromatic ring is 1. The molecule has 22 heavy (non-hydrogen) atoms. The molecule has 116 valence electrons. The molecule has 2 aromatic rings. The highest BCUT2D eigenvalue weighted by molar-refractivity contribution is 5.90. The second-order valence-corrected chi connectivity index (χ2v) is 4.62. The van der Waals surface area contributed by atoms with Crippen LogP contribution in [0.3, 0.4) is 0 Å². The maximum absolute atomic E-state index is 11.7. The van der Waals surface area contributed by atoms with E-state index in [1.165, 1.54) is 6.20 Å². The summed E-state index contributed by atoms with van der Waals surface area (Å²) in [5.41, 5.74) is 6.52. The Bertz CT molecular complexity index is 676. The molecule has 0 bridgehead atoms. The zero-order valence-electron chi connectivity index (χ0n) is 12.7. The fourth-order valence-corrected chi connectivity index (χ4v) is 1.80. The van der Waals surface area contributed by atoms with Crippen LogP contribution in [0.25, 0.3) is 0 Å². The molecule has 0 aliphatic rings. The van der Waals surface area contributed by atoms with Gasteiger partial charge in [-0.15, -0.1) is 0 Å². The Morgan fingerprint density at radius 2 is 2.18 bits per heavy atom. The van der Waals surface area contributed by atoms with E-state index in [1.54, 1.807) is 26.1 Å². The lowest BCUT2D eigenvalue weighted by atomic mass is 10.2. The number of carbonyl (C=O) groups is 1. The first-order valence-electron chi connectivity index (χ1n) is 6.87. The van der Waals surface area contributed by atoms with Crippen molar-refractivity contribution in [1.82, 2.24) is 19.9 Å². The summed E-state index contributed by atoms with van der Waals surface area (Å²) in [7, 11) is 0. The van der Waals surface area contributed by atoms with Crippen LogP contribution in [0, 0.1) is 6.92 Å². The van der Waals surface area contributed by atoms with Gasteiger partial charge in [0.2, 0.25) is 5.95 Å². The van der Waals surface area contributed by atoms with Gasteiger partial charge in [-0.25, -0.2) is 24.7 Å². The van der Waals surface area contributed by atoms with Crippen molar-refractivity contribution >= 4 is 17.7 Å². The van der Waals surface area contributed by atoms with Gasteiger partial charge >= 0.3 is 5.97 Å². The molecule has 0 saturated heterocycles. The van der Waals surface area contributed by atoms with Gasteiger partial charge in [-0.05, 0) is 26.8 Å². The number of anilines is 2. The normalized spacial score (nSPS) is 11.8. The van der Waals surface area contributed by atoms with Crippen LogP contribution in [0.2, 0.25) is 0 Å². The number of nitrogens with two attached hydrogens (primary N) is 1. The molecule has 1 atom stereocenters. The van der Waals surface area contributed by atoms with Crippen molar-refractivity contribution < 1.29 is 9.53 Å². The van der Waals surface area contributed by atoms with E-state index in [-0.39, 0.29) is 6.04 Å². The second-order valence-electron chi connectivity index (χ2n) is 4.62. The molecule has 8 heteroatoms. The first-order valence-corrected chi connectivity index (χ1v) is 6.87. The van der Waals surface area contributed by atoms with Crippen molar-refractivity contribution in [1.29, 1.82) is 0 Å². The number of aromatic nitrogens is 4. The van der Waals surface area contributed by atoms with Crippen molar-refractivity contribution in [3.8, 4) is 0 Å². The minimum Gasteiger partial charge on any atom is -0.462 e. The van der Waals surface area contributed by atoms with E-state index in [0.717, 1.165) is 0 Å². The molecule has 0 saturated carbocycles. The number of nitrogens with one attached hydrogen (secondary N) is 1. The number of aryl methyl sites for hydroxylation is 1. The highest BCUT2D eigenvalue weighted by atomic mass is 16.5. The fraction of sp³-hybridized carbons (Fsp3) is 0.357. The number of ether oxygens (including phenoxy) is 1. The predicted octanol–water partition coefficient (Wildman–Crippen LogP) is 1.51. The summed E-state index contributed by atoms with van der Waals surface area (Å²) in [4.78, 5) is 28.4. The summed E-state index contributed by atoms with van der Waals surface area (Å²) in [5.74, 6) is 0.881. The first kappa shape index (κ1) is 15.6. The quantitative estimate of drug-likeness (QED) is 0.798. The van der Waals surface area contributed by atoms with E-state index in [9.17, 15) is 4.79 Å². The smallest absolute Gasteiger partial charge is 0.341 e. The number of hydrogen-bond acceptors (Lipinski definition) is 8. The topological polar surface area (TPSA) is 116 Å². The minimum absolute atomic E-state index is 0.226. The van der Waals surface area contributed by atoms with Crippen molar-refractivity contribution in [2.24, 2.45) is 0 Å². The van der Waals surface area contributed by atoms with E-state index in [0.29, 0.717) is 35.5 Å². The molecule has 0 spiro atoms. The molecule has 0 radical (unpaired) electrons. The van der Waals surface area contributed by atoms with Crippen molar-refractivity contribution in [3.63, 3.8) is 0 Å². The van der Waals surface area contributed by atoms with Gasteiger partial charge in [0, 0.05) is 12.4 Å². The largest absolute Gasteiger partial charge is 0.462 e. The van der Waals surface area contributed by atoms with E-state index in [2.05, 4.69) is 25.3 Å². The lowest BCUT2D eigenvalue weighted by Crippen LogP contribution is -2.15. The van der Waals surface area contributed by atoms with Gasteiger partial charge in [0.25, 0.3) is 0 Å². The van der Waals surface area contributed by atoms with Crippen molar-refractivity contribution in [2.75, 3.05) is 17.7 Å². The number of hydrogen-bond donors (Lipinski definition) is 2. The molecule has 0 fully saturated rings. The lowest BCUT2D eigenvalue weighted by Gasteiger charge is -2.13. The molecular weight excluding hydrogens is 284 g/mol. The van der Waals surface area contributed by atoms with Crippen LogP contribution < -0.4 is 11.1 Å². The third-order valence-electron chi connectivity index (χ3n) is 2.90. The van der Waals surface area contributed by atoms with E-state index in [1.807, 2.05) is 6.92 Å². The van der Waals surface area contributed by atoms with Crippen LogP contribution in [0.15, 0.2) is 18.5 Å². The minimum atomic E-state index is -0.432. The standard InChI is InChI=1S/C14H18N6O2/c1-4-22-13(21)10-7-17-14(18-8(10)2)19-9(3)12-16-6-5-11(15)20-12/h5-7,9H,4H2,1-3H3,(H2,15,16,20)(H,17,18,19)/t9-/m1/s1. The Hall–Kier alpha value is -2.77. The Morgan fingerprint density at radius 3 is 2.82 bits per heavy atom. The van der Waals surface area contributed by atoms with Crippen LogP contribution >= 0.6 is 0 Å². The van der Waals surface area contributed by atoms with Gasteiger partial charge in [0.15, 0.2) is 5.82 Å². The summed E-state index contributed by atoms with van der Waals surface area (Å²) in [6.07, 6.45) is 3.03. The molecule has 0 aromatic carbocycles. The third kappa shape index (κ3) is 3.66. The van der Waals surface area contributed by atoms with Crippen LogP contribution in [0.4, 0.5) is 11.8 Å². The van der Waals surface area contributed by atoms with Crippen molar-refractivity contribution in [3.05, 3.63) is 35.5 Å². The summed E-state index contributed by atoms with van der Waals surface area (Å²) >= 11 is 0. The SMILES string of the molecule is CCOC(=O)c1cnc(N[C@H](C)c2nccc(N)n2)nc1C. The van der Waals surface area contributed by atoms with E-state index in [4.69, 9.17) is 10.5 Å². The zero-order chi connectivity index (χ0) is 16.1. The van der Waals surface area contributed by atoms with Gasteiger partial charge in [0.1, 0.15) is 5.82 Å². The van der Waals surface area contributed by atoms with Gasteiger partial charge in [-0.1, -0.05) is 0 Å². The third-order valence-corrected chi connectivity index (χ3v) is 2.90. The number of carbonyl (C=O) groups excluding carboxylic acids is 1.